The first kappa shape index (κ1) is 26.7. The summed E-state index contributed by atoms with van der Waals surface area (Å²) >= 11 is 0. The molecule has 0 aromatic heterocycles. The van der Waals surface area contributed by atoms with Gasteiger partial charge in [-0.05, 0) is 59.5 Å². The average Bonchev–Trinajstić information content (AvgIpc) is 2.83. The van der Waals surface area contributed by atoms with Crippen LogP contribution in [0.3, 0.4) is 0 Å². The molecule has 0 spiro atoms. The molecule has 3 aromatic rings. The molecular formula is C28H34NO5P. The number of ether oxygens (including phenoxy) is 1. The van der Waals surface area contributed by atoms with E-state index >= 15 is 0 Å². The van der Waals surface area contributed by atoms with E-state index in [9.17, 15) is 9.36 Å². The number of benzene rings is 3. The minimum Gasteiger partial charge on any atom is -0.494 e. The van der Waals surface area contributed by atoms with Crippen LogP contribution in [0, 0.1) is 0 Å². The van der Waals surface area contributed by atoms with Crippen molar-refractivity contribution in [2.75, 3.05) is 11.9 Å². The molecule has 35 heavy (non-hydrogen) atoms. The highest BCUT2D eigenvalue weighted by atomic mass is 31.2. The molecule has 0 unspecified atom stereocenters. The van der Waals surface area contributed by atoms with Crippen LogP contribution in [0.2, 0.25) is 0 Å². The minimum atomic E-state index is -4.17. The van der Waals surface area contributed by atoms with Gasteiger partial charge in [0.25, 0.3) is 5.91 Å². The van der Waals surface area contributed by atoms with Crippen LogP contribution in [-0.2, 0) is 10.7 Å². The molecule has 3 rings (SSSR count). The van der Waals surface area contributed by atoms with Crippen LogP contribution in [0.15, 0.2) is 72.8 Å². The summed E-state index contributed by atoms with van der Waals surface area (Å²) < 4.78 is 17.1. The van der Waals surface area contributed by atoms with Crippen molar-refractivity contribution >= 4 is 19.2 Å². The molecule has 7 heteroatoms. The lowest BCUT2D eigenvalue weighted by Gasteiger charge is -2.10. The second kappa shape index (κ2) is 13.2. The fraction of sp³-hybridized carbons (Fsp3) is 0.321. The number of carbonyl (C=O) groups excluding carboxylic acids is 1. The van der Waals surface area contributed by atoms with Gasteiger partial charge >= 0.3 is 7.60 Å². The van der Waals surface area contributed by atoms with E-state index in [2.05, 4.69) is 12.2 Å². The molecule has 186 valence electrons. The number of unbranched alkanes of at least 4 members (excludes halogenated alkanes) is 5. The summed E-state index contributed by atoms with van der Waals surface area (Å²) in [6.07, 6.45) is 7.06. The number of amides is 1. The van der Waals surface area contributed by atoms with Gasteiger partial charge in [0.05, 0.1) is 12.8 Å². The Labute approximate surface area is 207 Å². The van der Waals surface area contributed by atoms with E-state index in [-0.39, 0.29) is 12.1 Å². The van der Waals surface area contributed by atoms with Gasteiger partial charge in [0.2, 0.25) is 0 Å². The molecule has 0 radical (unpaired) electrons. The van der Waals surface area contributed by atoms with Gasteiger partial charge in [-0.15, -0.1) is 0 Å². The highest BCUT2D eigenvalue weighted by Crippen LogP contribution is 2.39. The zero-order chi connectivity index (χ0) is 25.1. The number of rotatable bonds is 13. The van der Waals surface area contributed by atoms with Crippen molar-refractivity contribution in [3.8, 4) is 16.9 Å². The quantitative estimate of drug-likeness (QED) is 0.175. The van der Waals surface area contributed by atoms with Crippen molar-refractivity contribution < 1.29 is 23.9 Å². The first-order valence-corrected chi connectivity index (χ1v) is 13.9. The molecule has 0 aliphatic rings. The van der Waals surface area contributed by atoms with Gasteiger partial charge in [0.15, 0.2) is 0 Å². The normalized spacial score (nSPS) is 11.3. The molecular weight excluding hydrogens is 461 g/mol. The third kappa shape index (κ3) is 9.33. The zero-order valence-corrected chi connectivity index (χ0v) is 21.0. The van der Waals surface area contributed by atoms with Crippen LogP contribution in [-0.4, -0.2) is 22.3 Å². The lowest BCUT2D eigenvalue weighted by Crippen LogP contribution is -2.11. The summed E-state index contributed by atoms with van der Waals surface area (Å²) in [4.78, 5) is 30.9. The number of carbonyl (C=O) groups is 1. The molecule has 0 saturated carbocycles. The van der Waals surface area contributed by atoms with Crippen LogP contribution >= 0.6 is 7.60 Å². The third-order valence-electron chi connectivity index (χ3n) is 5.67. The van der Waals surface area contributed by atoms with Crippen molar-refractivity contribution in [1.29, 1.82) is 0 Å². The highest BCUT2D eigenvalue weighted by molar-refractivity contribution is 7.50. The van der Waals surface area contributed by atoms with Gasteiger partial charge in [-0.3, -0.25) is 9.36 Å². The van der Waals surface area contributed by atoms with Crippen molar-refractivity contribution in [3.63, 3.8) is 0 Å². The maximum absolute atomic E-state index is 12.6. The summed E-state index contributed by atoms with van der Waals surface area (Å²) in [6.45, 7) is 2.96. The third-order valence-corrected chi connectivity index (χ3v) is 6.45. The van der Waals surface area contributed by atoms with Gasteiger partial charge in [0.1, 0.15) is 5.75 Å². The van der Waals surface area contributed by atoms with Gasteiger partial charge in [-0.2, -0.15) is 0 Å². The van der Waals surface area contributed by atoms with E-state index in [1.165, 1.54) is 32.1 Å². The van der Waals surface area contributed by atoms with Gasteiger partial charge in [-0.1, -0.05) is 75.4 Å². The van der Waals surface area contributed by atoms with E-state index in [1.807, 2.05) is 36.4 Å². The van der Waals surface area contributed by atoms with Crippen LogP contribution in [0.5, 0.6) is 5.75 Å². The minimum absolute atomic E-state index is 0.289. The standard InChI is InChI=1S/C28H34NO5P/c1-2-3-4-5-6-7-19-34-27-17-15-24(16-18-27)23-11-13-25(14-12-23)28(30)29-26-10-8-9-22(20-26)21-35(31,32)33/h8-18,20H,2-7,19,21H2,1H3,(H,29,30)(H2,31,32,33). The van der Waals surface area contributed by atoms with E-state index in [4.69, 9.17) is 14.5 Å². The average molecular weight is 496 g/mol. The summed E-state index contributed by atoms with van der Waals surface area (Å²) in [5.41, 5.74) is 3.47. The summed E-state index contributed by atoms with van der Waals surface area (Å²) in [5, 5.41) is 2.78. The van der Waals surface area contributed by atoms with Crippen LogP contribution < -0.4 is 10.1 Å². The first-order chi connectivity index (χ1) is 16.8. The van der Waals surface area contributed by atoms with Crippen LogP contribution in [0.25, 0.3) is 11.1 Å². The van der Waals surface area contributed by atoms with Crippen LogP contribution in [0.4, 0.5) is 5.69 Å². The van der Waals surface area contributed by atoms with Gasteiger partial charge < -0.3 is 19.8 Å². The number of anilines is 1. The van der Waals surface area contributed by atoms with Gasteiger partial charge in [-0.25, -0.2) is 0 Å². The number of hydrogen-bond donors (Lipinski definition) is 3. The van der Waals surface area contributed by atoms with Crippen LogP contribution in [0.1, 0.15) is 61.4 Å². The van der Waals surface area contributed by atoms with Gasteiger partial charge in [0, 0.05) is 11.3 Å². The fourth-order valence-corrected chi connectivity index (χ4v) is 4.49. The second-order valence-corrected chi connectivity index (χ2v) is 10.3. The Kier molecular flexibility index (Phi) is 10.1. The fourth-order valence-electron chi connectivity index (χ4n) is 3.82. The van der Waals surface area contributed by atoms with Crippen molar-refractivity contribution in [1.82, 2.24) is 0 Å². The molecule has 6 nitrogen and oxygen atoms in total. The number of hydrogen-bond acceptors (Lipinski definition) is 3. The molecule has 0 saturated heterocycles. The molecule has 1 amide bonds. The summed E-state index contributed by atoms with van der Waals surface area (Å²) in [5.74, 6) is 0.572. The Morgan fingerprint density at radius 3 is 2.14 bits per heavy atom. The SMILES string of the molecule is CCCCCCCCOc1ccc(-c2ccc(C(=O)Nc3cccc(CP(=O)(O)O)c3)cc2)cc1. The Morgan fingerprint density at radius 1 is 0.857 bits per heavy atom. The Morgan fingerprint density at radius 2 is 1.49 bits per heavy atom. The van der Waals surface area contributed by atoms with Crippen molar-refractivity contribution in [2.24, 2.45) is 0 Å². The van der Waals surface area contributed by atoms with Crippen molar-refractivity contribution in [2.45, 2.75) is 51.6 Å². The highest BCUT2D eigenvalue weighted by Gasteiger charge is 2.14. The van der Waals surface area contributed by atoms with E-state index in [0.717, 1.165) is 29.9 Å². The Bertz CT molecular complexity index is 1120. The number of nitrogens with one attached hydrogen (secondary N) is 1. The van der Waals surface area contributed by atoms with E-state index in [0.29, 0.717) is 16.8 Å². The summed E-state index contributed by atoms with van der Waals surface area (Å²) in [6, 6.07) is 21.8. The molecule has 0 heterocycles. The van der Waals surface area contributed by atoms with Crippen molar-refractivity contribution in [3.05, 3.63) is 83.9 Å². The maximum atomic E-state index is 12.6. The smallest absolute Gasteiger partial charge is 0.329 e. The molecule has 0 aliphatic heterocycles. The molecule has 3 aromatic carbocycles. The molecule has 3 N–H and O–H groups in total. The molecule has 0 fully saturated rings. The lowest BCUT2D eigenvalue weighted by molar-refractivity contribution is 0.102. The maximum Gasteiger partial charge on any atom is 0.329 e. The predicted octanol–water partition coefficient (Wildman–Crippen LogP) is 7.02. The monoisotopic (exact) mass is 495 g/mol. The van der Waals surface area contributed by atoms with E-state index < -0.39 is 7.60 Å². The summed E-state index contributed by atoms with van der Waals surface area (Å²) in [7, 11) is -4.17. The largest absolute Gasteiger partial charge is 0.494 e. The lowest BCUT2D eigenvalue weighted by atomic mass is 10.0. The molecule has 0 bridgehead atoms. The topological polar surface area (TPSA) is 95.9 Å². The predicted molar refractivity (Wildman–Crippen MR) is 141 cm³/mol. The molecule has 0 atom stereocenters. The Hall–Kier alpha value is -2.92. The molecule has 0 aliphatic carbocycles. The zero-order valence-electron chi connectivity index (χ0n) is 20.2. The first-order valence-electron chi connectivity index (χ1n) is 12.1. The second-order valence-electron chi connectivity index (χ2n) is 8.70. The Balaban J connectivity index is 1.52. The van der Waals surface area contributed by atoms with E-state index in [1.54, 1.807) is 36.4 Å².